The third-order valence-corrected chi connectivity index (χ3v) is 3.75. The number of esters is 1. The maximum atomic E-state index is 11.9. The summed E-state index contributed by atoms with van der Waals surface area (Å²) in [5.74, 6) is -0.170. The summed E-state index contributed by atoms with van der Waals surface area (Å²) >= 11 is 0. The predicted octanol–water partition coefficient (Wildman–Crippen LogP) is 2.98. The minimum Gasteiger partial charge on any atom is -0.465 e. The number of ether oxygens (including phenoxy) is 2. The zero-order valence-corrected chi connectivity index (χ0v) is 12.7. The molecule has 0 radical (unpaired) electrons. The topological polar surface area (TPSA) is 55.8 Å². The molecule has 1 aliphatic heterocycles. The fraction of sp³-hybridized carbons (Fsp3) is 0.867. The summed E-state index contributed by atoms with van der Waals surface area (Å²) in [4.78, 5) is 24.8. The van der Waals surface area contributed by atoms with Gasteiger partial charge >= 0.3 is 12.1 Å². The molecule has 0 N–H and O–H groups in total. The minimum atomic E-state index is -0.312. The van der Waals surface area contributed by atoms with Crippen molar-refractivity contribution in [3.8, 4) is 0 Å². The number of amides is 1. The van der Waals surface area contributed by atoms with Crippen LogP contribution in [-0.2, 0) is 14.3 Å². The van der Waals surface area contributed by atoms with Crippen LogP contribution in [0.25, 0.3) is 0 Å². The van der Waals surface area contributed by atoms with Crippen LogP contribution >= 0.6 is 0 Å². The highest BCUT2D eigenvalue weighted by Crippen LogP contribution is 2.19. The summed E-state index contributed by atoms with van der Waals surface area (Å²) in [6.45, 7) is 3.85. The van der Waals surface area contributed by atoms with Crippen molar-refractivity contribution in [3.63, 3.8) is 0 Å². The van der Waals surface area contributed by atoms with E-state index in [0.29, 0.717) is 32.5 Å². The van der Waals surface area contributed by atoms with E-state index in [0.717, 1.165) is 12.8 Å². The number of carbonyl (C=O) groups is 2. The molecule has 0 atom stereocenters. The monoisotopic (exact) mass is 285 g/mol. The van der Waals surface area contributed by atoms with Gasteiger partial charge in [0, 0.05) is 13.1 Å². The number of piperidine rings is 1. The first-order chi connectivity index (χ1) is 9.69. The Morgan fingerprint density at radius 1 is 1.10 bits per heavy atom. The average molecular weight is 285 g/mol. The van der Waals surface area contributed by atoms with Crippen molar-refractivity contribution < 1.29 is 19.1 Å². The fourth-order valence-corrected chi connectivity index (χ4v) is 2.42. The Labute approximate surface area is 121 Å². The Kier molecular flexibility index (Phi) is 8.07. The summed E-state index contributed by atoms with van der Waals surface area (Å²) in [5.41, 5.74) is 0. The molecule has 116 valence electrons. The van der Waals surface area contributed by atoms with Crippen LogP contribution in [0.15, 0.2) is 0 Å². The molecule has 1 amide bonds. The number of rotatable bonds is 7. The zero-order chi connectivity index (χ0) is 14.8. The molecule has 20 heavy (non-hydrogen) atoms. The number of methoxy groups -OCH3 is 1. The summed E-state index contributed by atoms with van der Waals surface area (Å²) in [7, 11) is 1.38. The molecule has 1 rings (SSSR count). The van der Waals surface area contributed by atoms with Crippen LogP contribution in [0.1, 0.15) is 51.9 Å². The fourth-order valence-electron chi connectivity index (χ4n) is 2.42. The molecular formula is C15H27NO4. The van der Waals surface area contributed by atoms with Gasteiger partial charge in [0.05, 0.1) is 19.6 Å². The number of hydrogen-bond acceptors (Lipinski definition) is 4. The van der Waals surface area contributed by atoms with Gasteiger partial charge in [0.1, 0.15) is 0 Å². The summed E-state index contributed by atoms with van der Waals surface area (Å²) < 4.78 is 9.98. The van der Waals surface area contributed by atoms with E-state index < -0.39 is 0 Å². The van der Waals surface area contributed by atoms with E-state index in [9.17, 15) is 9.59 Å². The van der Waals surface area contributed by atoms with Crippen LogP contribution in [0.3, 0.4) is 0 Å². The maximum absolute atomic E-state index is 11.9. The average Bonchev–Trinajstić information content (AvgIpc) is 2.50. The van der Waals surface area contributed by atoms with E-state index in [2.05, 4.69) is 11.7 Å². The van der Waals surface area contributed by atoms with Gasteiger partial charge in [-0.15, -0.1) is 0 Å². The summed E-state index contributed by atoms with van der Waals surface area (Å²) in [6.07, 6.45) is 6.79. The summed E-state index contributed by atoms with van der Waals surface area (Å²) in [6, 6.07) is 0. The van der Waals surface area contributed by atoms with Gasteiger partial charge < -0.3 is 14.4 Å². The summed E-state index contributed by atoms with van der Waals surface area (Å²) in [5, 5.41) is 0. The molecule has 1 saturated heterocycles. The number of hydrogen-bond donors (Lipinski definition) is 0. The Hall–Kier alpha value is -1.26. The standard InChI is InChI=1S/C15H27NO4/c1-3-4-5-6-7-12-20-14(17)13-8-10-16(11-9-13)15(18)19-2/h13H,3-12H2,1-2H3. The van der Waals surface area contributed by atoms with Crippen LogP contribution in [0.4, 0.5) is 4.79 Å². The van der Waals surface area contributed by atoms with Gasteiger partial charge in [-0.2, -0.15) is 0 Å². The normalized spacial score (nSPS) is 16.0. The quantitative estimate of drug-likeness (QED) is 0.533. The van der Waals surface area contributed by atoms with Crippen LogP contribution in [0.2, 0.25) is 0 Å². The molecular weight excluding hydrogens is 258 g/mol. The molecule has 0 saturated carbocycles. The van der Waals surface area contributed by atoms with E-state index in [1.54, 1.807) is 4.90 Å². The molecule has 1 fully saturated rings. The van der Waals surface area contributed by atoms with Crippen molar-refractivity contribution in [2.45, 2.75) is 51.9 Å². The lowest BCUT2D eigenvalue weighted by Gasteiger charge is -2.29. The number of likely N-dealkylation sites (tertiary alicyclic amines) is 1. The highest BCUT2D eigenvalue weighted by Gasteiger charge is 2.28. The van der Waals surface area contributed by atoms with Crippen molar-refractivity contribution in [2.75, 3.05) is 26.8 Å². The van der Waals surface area contributed by atoms with Gasteiger partial charge in [0.25, 0.3) is 0 Å². The predicted molar refractivity (Wildman–Crippen MR) is 76.4 cm³/mol. The molecule has 1 aliphatic rings. The molecule has 0 aromatic carbocycles. The van der Waals surface area contributed by atoms with Crippen molar-refractivity contribution >= 4 is 12.1 Å². The van der Waals surface area contributed by atoms with Crippen molar-refractivity contribution in [3.05, 3.63) is 0 Å². The smallest absolute Gasteiger partial charge is 0.409 e. The van der Waals surface area contributed by atoms with E-state index in [-0.39, 0.29) is 18.0 Å². The highest BCUT2D eigenvalue weighted by atomic mass is 16.5. The lowest BCUT2D eigenvalue weighted by Crippen LogP contribution is -2.40. The Bertz CT molecular complexity index is 298. The molecule has 0 spiro atoms. The second kappa shape index (κ2) is 9.61. The van der Waals surface area contributed by atoms with E-state index in [1.807, 2.05) is 0 Å². The molecule has 0 unspecified atom stereocenters. The zero-order valence-electron chi connectivity index (χ0n) is 12.7. The maximum Gasteiger partial charge on any atom is 0.409 e. The molecule has 0 aliphatic carbocycles. The lowest BCUT2D eigenvalue weighted by atomic mass is 9.97. The van der Waals surface area contributed by atoms with Gasteiger partial charge in [0.2, 0.25) is 0 Å². The highest BCUT2D eigenvalue weighted by molar-refractivity contribution is 5.73. The van der Waals surface area contributed by atoms with Crippen molar-refractivity contribution in [1.82, 2.24) is 4.90 Å². The van der Waals surface area contributed by atoms with Gasteiger partial charge in [-0.25, -0.2) is 4.79 Å². The number of carbonyl (C=O) groups excluding carboxylic acids is 2. The van der Waals surface area contributed by atoms with Crippen LogP contribution in [-0.4, -0.2) is 43.8 Å². The first kappa shape index (κ1) is 16.8. The molecule has 0 bridgehead atoms. The van der Waals surface area contributed by atoms with Gasteiger partial charge in [-0.1, -0.05) is 32.6 Å². The molecule has 0 aromatic rings. The van der Waals surface area contributed by atoms with Crippen LogP contribution in [0.5, 0.6) is 0 Å². The second-order valence-corrected chi connectivity index (χ2v) is 5.31. The second-order valence-electron chi connectivity index (χ2n) is 5.31. The number of unbranched alkanes of at least 4 members (excludes halogenated alkanes) is 4. The third kappa shape index (κ3) is 5.80. The van der Waals surface area contributed by atoms with Gasteiger partial charge in [-0.05, 0) is 19.3 Å². The Balaban J connectivity index is 2.11. The Morgan fingerprint density at radius 3 is 2.35 bits per heavy atom. The van der Waals surface area contributed by atoms with Crippen molar-refractivity contribution in [2.24, 2.45) is 5.92 Å². The van der Waals surface area contributed by atoms with E-state index in [4.69, 9.17) is 4.74 Å². The van der Waals surface area contributed by atoms with Crippen LogP contribution < -0.4 is 0 Å². The Morgan fingerprint density at radius 2 is 1.75 bits per heavy atom. The van der Waals surface area contributed by atoms with Gasteiger partial charge in [0.15, 0.2) is 0 Å². The first-order valence-electron chi connectivity index (χ1n) is 7.68. The van der Waals surface area contributed by atoms with Crippen LogP contribution in [0, 0.1) is 5.92 Å². The SMILES string of the molecule is CCCCCCCOC(=O)C1CCN(C(=O)OC)CC1. The first-order valence-corrected chi connectivity index (χ1v) is 7.68. The molecule has 5 heteroatoms. The van der Waals surface area contributed by atoms with Crippen molar-refractivity contribution in [1.29, 1.82) is 0 Å². The largest absolute Gasteiger partial charge is 0.465 e. The third-order valence-electron chi connectivity index (χ3n) is 3.75. The molecule has 1 heterocycles. The molecule has 0 aromatic heterocycles. The molecule has 5 nitrogen and oxygen atoms in total. The van der Waals surface area contributed by atoms with E-state index >= 15 is 0 Å². The number of nitrogens with zero attached hydrogens (tertiary/aromatic N) is 1. The lowest BCUT2D eigenvalue weighted by molar-refractivity contribution is -0.150. The van der Waals surface area contributed by atoms with Gasteiger partial charge in [-0.3, -0.25) is 4.79 Å². The minimum absolute atomic E-state index is 0.0634. The van der Waals surface area contributed by atoms with E-state index in [1.165, 1.54) is 26.4 Å².